The second kappa shape index (κ2) is 9.68. The molecule has 2 rings (SSSR count). The maximum Gasteiger partial charge on any atom is 0.310 e. The van der Waals surface area contributed by atoms with Crippen molar-refractivity contribution >= 4 is 23.2 Å². The van der Waals surface area contributed by atoms with Gasteiger partial charge in [0.2, 0.25) is 0 Å². The van der Waals surface area contributed by atoms with Crippen LogP contribution in [0.4, 0.5) is 0 Å². The van der Waals surface area contributed by atoms with E-state index in [2.05, 4.69) is 5.32 Å². The van der Waals surface area contributed by atoms with Gasteiger partial charge in [0.05, 0.1) is 20.6 Å². The van der Waals surface area contributed by atoms with Crippen molar-refractivity contribution < 1.29 is 23.8 Å². The van der Waals surface area contributed by atoms with Gasteiger partial charge in [-0.25, -0.2) is 0 Å². The van der Waals surface area contributed by atoms with Crippen molar-refractivity contribution in [2.24, 2.45) is 0 Å². The maximum absolute atomic E-state index is 11.9. The lowest BCUT2D eigenvalue weighted by Crippen LogP contribution is -2.30. The molecule has 0 spiro atoms. The fourth-order valence-electron chi connectivity index (χ4n) is 2.19. The summed E-state index contributed by atoms with van der Waals surface area (Å²) in [5.41, 5.74) is 0.723. The molecule has 0 aliphatic rings. The Balaban J connectivity index is 1.71. The van der Waals surface area contributed by atoms with E-state index in [1.165, 1.54) is 12.0 Å². The number of amides is 1. The van der Waals surface area contributed by atoms with E-state index >= 15 is 0 Å². The van der Waals surface area contributed by atoms with Crippen molar-refractivity contribution in [3.05, 3.63) is 46.2 Å². The van der Waals surface area contributed by atoms with Crippen molar-refractivity contribution in [2.75, 3.05) is 27.4 Å². The molecule has 6 nitrogen and oxygen atoms in total. The molecule has 2 aromatic rings. The zero-order valence-corrected chi connectivity index (χ0v) is 15.1. The van der Waals surface area contributed by atoms with Gasteiger partial charge in [-0.05, 0) is 35.6 Å². The SMILES string of the molecule is COc1ccc(CC(=O)OCC(=O)NCCc2cccs2)cc1OC. The summed E-state index contributed by atoms with van der Waals surface area (Å²) in [5, 5.41) is 4.72. The van der Waals surface area contributed by atoms with Crippen LogP contribution in [-0.4, -0.2) is 39.2 Å². The van der Waals surface area contributed by atoms with Gasteiger partial charge in [0.1, 0.15) is 0 Å². The molecule has 0 aliphatic carbocycles. The molecule has 0 saturated carbocycles. The first-order valence-electron chi connectivity index (χ1n) is 7.78. The predicted molar refractivity (Wildman–Crippen MR) is 95.2 cm³/mol. The highest BCUT2D eigenvalue weighted by molar-refractivity contribution is 7.09. The molecule has 25 heavy (non-hydrogen) atoms. The molecular formula is C18H21NO5S. The highest BCUT2D eigenvalue weighted by Crippen LogP contribution is 2.27. The van der Waals surface area contributed by atoms with Crippen LogP contribution in [0.3, 0.4) is 0 Å². The summed E-state index contributed by atoms with van der Waals surface area (Å²) >= 11 is 1.64. The minimum atomic E-state index is -0.472. The molecule has 0 fully saturated rings. The third-order valence-electron chi connectivity index (χ3n) is 3.43. The van der Waals surface area contributed by atoms with Gasteiger partial charge in [-0.1, -0.05) is 12.1 Å². The number of benzene rings is 1. The van der Waals surface area contributed by atoms with E-state index < -0.39 is 5.97 Å². The lowest BCUT2D eigenvalue weighted by Gasteiger charge is -2.10. The number of ether oxygens (including phenoxy) is 3. The minimum Gasteiger partial charge on any atom is -0.493 e. The maximum atomic E-state index is 11.9. The Morgan fingerprint density at radius 3 is 2.60 bits per heavy atom. The highest BCUT2D eigenvalue weighted by Gasteiger charge is 2.11. The predicted octanol–water partition coefficient (Wildman–Crippen LogP) is 2.21. The smallest absolute Gasteiger partial charge is 0.310 e. The molecule has 1 aromatic heterocycles. The third kappa shape index (κ3) is 6.11. The van der Waals surface area contributed by atoms with Gasteiger partial charge in [0, 0.05) is 11.4 Å². The van der Waals surface area contributed by atoms with Crippen molar-refractivity contribution in [2.45, 2.75) is 12.8 Å². The summed E-state index contributed by atoms with van der Waals surface area (Å²) in [7, 11) is 3.07. The Labute approximate surface area is 150 Å². The highest BCUT2D eigenvalue weighted by atomic mass is 32.1. The number of esters is 1. The number of nitrogens with one attached hydrogen (secondary N) is 1. The number of rotatable bonds is 9. The molecular weight excluding hydrogens is 342 g/mol. The molecule has 134 valence electrons. The Bertz CT molecular complexity index is 699. The van der Waals surface area contributed by atoms with E-state index in [1.807, 2.05) is 17.5 Å². The molecule has 7 heteroatoms. The van der Waals surface area contributed by atoms with Crippen molar-refractivity contribution in [1.82, 2.24) is 5.32 Å². The van der Waals surface area contributed by atoms with Gasteiger partial charge in [0.15, 0.2) is 18.1 Å². The van der Waals surface area contributed by atoms with E-state index in [0.29, 0.717) is 18.0 Å². The number of thiophene rings is 1. The second-order valence-corrected chi connectivity index (χ2v) is 6.24. The Morgan fingerprint density at radius 2 is 1.92 bits per heavy atom. The normalized spacial score (nSPS) is 10.2. The topological polar surface area (TPSA) is 73.9 Å². The van der Waals surface area contributed by atoms with Gasteiger partial charge >= 0.3 is 5.97 Å². The van der Waals surface area contributed by atoms with Crippen molar-refractivity contribution in [3.8, 4) is 11.5 Å². The lowest BCUT2D eigenvalue weighted by atomic mass is 10.1. The van der Waals surface area contributed by atoms with Crippen LogP contribution in [0.5, 0.6) is 11.5 Å². The quantitative estimate of drug-likeness (QED) is 0.692. The summed E-state index contributed by atoms with van der Waals surface area (Å²) in [6.45, 7) is 0.239. The van der Waals surface area contributed by atoms with Gasteiger partial charge < -0.3 is 19.5 Å². The first-order valence-corrected chi connectivity index (χ1v) is 8.66. The van der Waals surface area contributed by atoms with Crippen LogP contribution < -0.4 is 14.8 Å². The molecule has 0 atom stereocenters. The van der Waals surface area contributed by atoms with Crippen LogP contribution in [0.2, 0.25) is 0 Å². The summed E-state index contributed by atoms with van der Waals surface area (Å²) in [5.74, 6) is 0.349. The summed E-state index contributed by atoms with van der Waals surface area (Å²) in [6, 6.07) is 9.17. The molecule has 0 unspecified atom stereocenters. The third-order valence-corrected chi connectivity index (χ3v) is 4.37. The molecule has 1 N–H and O–H groups in total. The first-order chi connectivity index (χ1) is 12.1. The van der Waals surface area contributed by atoms with Gasteiger partial charge in [-0.15, -0.1) is 11.3 Å². The van der Waals surface area contributed by atoms with E-state index in [1.54, 1.807) is 36.6 Å². The first kappa shape index (κ1) is 18.8. The van der Waals surface area contributed by atoms with E-state index in [9.17, 15) is 9.59 Å². The molecule has 1 aromatic carbocycles. The van der Waals surface area contributed by atoms with E-state index in [0.717, 1.165) is 12.0 Å². The van der Waals surface area contributed by atoms with E-state index in [4.69, 9.17) is 14.2 Å². The molecule has 0 radical (unpaired) electrons. The van der Waals surface area contributed by atoms with Gasteiger partial charge in [0.25, 0.3) is 5.91 Å². The number of hydrogen-bond donors (Lipinski definition) is 1. The Morgan fingerprint density at radius 1 is 1.12 bits per heavy atom. The van der Waals surface area contributed by atoms with Crippen molar-refractivity contribution in [1.29, 1.82) is 0 Å². The van der Waals surface area contributed by atoms with Crippen LogP contribution in [0.25, 0.3) is 0 Å². The van der Waals surface area contributed by atoms with Gasteiger partial charge in [-0.3, -0.25) is 9.59 Å². The van der Waals surface area contributed by atoms with Crippen LogP contribution >= 0.6 is 11.3 Å². The molecule has 1 heterocycles. The number of carbonyl (C=O) groups is 2. The van der Waals surface area contributed by atoms with Crippen LogP contribution in [0, 0.1) is 0 Å². The fraction of sp³-hybridized carbons (Fsp3) is 0.333. The zero-order chi connectivity index (χ0) is 18.1. The zero-order valence-electron chi connectivity index (χ0n) is 14.2. The van der Waals surface area contributed by atoms with E-state index in [-0.39, 0.29) is 18.9 Å². The molecule has 0 saturated heterocycles. The lowest BCUT2D eigenvalue weighted by molar-refractivity contribution is -0.147. The molecule has 1 amide bonds. The molecule has 0 bridgehead atoms. The fourth-order valence-corrected chi connectivity index (χ4v) is 2.89. The Hall–Kier alpha value is -2.54. The average molecular weight is 363 g/mol. The second-order valence-electron chi connectivity index (χ2n) is 5.21. The van der Waals surface area contributed by atoms with Crippen molar-refractivity contribution in [3.63, 3.8) is 0 Å². The largest absolute Gasteiger partial charge is 0.493 e. The summed E-state index contributed by atoms with van der Waals surface area (Å²) < 4.78 is 15.3. The number of hydrogen-bond acceptors (Lipinski definition) is 6. The van der Waals surface area contributed by atoms with Crippen LogP contribution in [0.1, 0.15) is 10.4 Å². The number of methoxy groups -OCH3 is 2. The summed E-state index contributed by atoms with van der Waals surface area (Å²) in [6.07, 6.45) is 0.825. The van der Waals surface area contributed by atoms with Gasteiger partial charge in [-0.2, -0.15) is 0 Å². The monoisotopic (exact) mass is 363 g/mol. The summed E-state index contributed by atoms with van der Waals surface area (Å²) in [4.78, 5) is 24.7. The minimum absolute atomic E-state index is 0.0584. The number of carbonyl (C=O) groups excluding carboxylic acids is 2. The Kier molecular flexibility index (Phi) is 7.28. The average Bonchev–Trinajstić information content (AvgIpc) is 3.13. The van der Waals surface area contributed by atoms with Crippen LogP contribution in [0.15, 0.2) is 35.7 Å². The molecule has 0 aliphatic heterocycles. The van der Waals surface area contributed by atoms with Crippen LogP contribution in [-0.2, 0) is 27.2 Å². The standard InChI is InChI=1S/C18H21NO5S/c1-22-15-6-5-13(10-16(15)23-2)11-18(21)24-12-17(20)19-8-7-14-4-3-9-25-14/h3-6,9-10H,7-8,11-12H2,1-2H3,(H,19,20).